The number of aromatic nitrogens is 1. The second-order valence-corrected chi connectivity index (χ2v) is 9.42. The number of nitrogens with one attached hydrogen (secondary N) is 1. The second kappa shape index (κ2) is 11.0. The fraction of sp³-hybridized carbons (Fsp3) is 0.308. The molecule has 0 saturated heterocycles. The van der Waals surface area contributed by atoms with E-state index in [1.165, 1.54) is 5.56 Å². The quantitative estimate of drug-likeness (QED) is 0.345. The van der Waals surface area contributed by atoms with Gasteiger partial charge in [0, 0.05) is 30.6 Å². The van der Waals surface area contributed by atoms with Crippen molar-refractivity contribution in [3.63, 3.8) is 0 Å². The van der Waals surface area contributed by atoms with E-state index in [4.69, 9.17) is 27.9 Å². The van der Waals surface area contributed by atoms with E-state index in [0.717, 1.165) is 5.69 Å². The molecule has 174 valence electrons. The maximum atomic E-state index is 13.0. The minimum Gasteiger partial charge on any atom is -0.380 e. The fourth-order valence-electron chi connectivity index (χ4n) is 3.33. The average molecular weight is 486 g/mol. The molecular formula is C26H29Cl2N3O2. The molecule has 1 heterocycles. The van der Waals surface area contributed by atoms with E-state index in [0.29, 0.717) is 46.9 Å². The molecule has 5 nitrogen and oxygen atoms in total. The molecule has 1 aromatic heterocycles. The molecule has 0 aliphatic heterocycles. The van der Waals surface area contributed by atoms with E-state index in [1.54, 1.807) is 36.5 Å². The minimum atomic E-state index is -0.228. The van der Waals surface area contributed by atoms with Crippen LogP contribution in [0.3, 0.4) is 0 Å². The summed E-state index contributed by atoms with van der Waals surface area (Å²) < 4.78 is 5.54. The molecule has 7 heteroatoms. The number of carbonyl (C=O) groups is 1. The third-order valence-corrected chi connectivity index (χ3v) is 5.78. The van der Waals surface area contributed by atoms with Gasteiger partial charge >= 0.3 is 0 Å². The van der Waals surface area contributed by atoms with Gasteiger partial charge in [0.05, 0.1) is 22.3 Å². The topological polar surface area (TPSA) is 54.5 Å². The van der Waals surface area contributed by atoms with Gasteiger partial charge in [0.15, 0.2) is 5.82 Å². The Labute approximate surface area is 205 Å². The first-order valence-corrected chi connectivity index (χ1v) is 11.6. The molecule has 2 aromatic carbocycles. The summed E-state index contributed by atoms with van der Waals surface area (Å²) in [6.45, 7) is 9.92. The number of rotatable bonds is 8. The Hall–Kier alpha value is -2.60. The predicted octanol–water partition coefficient (Wildman–Crippen LogP) is 7.11. The van der Waals surface area contributed by atoms with E-state index in [2.05, 4.69) is 31.1 Å². The van der Waals surface area contributed by atoms with Gasteiger partial charge in [-0.15, -0.1) is 0 Å². The molecule has 1 N–H and O–H groups in total. The third-order valence-electron chi connectivity index (χ3n) is 5.17. The Morgan fingerprint density at radius 1 is 1.06 bits per heavy atom. The van der Waals surface area contributed by atoms with Gasteiger partial charge in [-0.3, -0.25) is 4.79 Å². The molecule has 3 rings (SSSR count). The van der Waals surface area contributed by atoms with Crippen molar-refractivity contribution < 1.29 is 9.53 Å². The van der Waals surface area contributed by atoms with Crippen LogP contribution in [0.4, 0.5) is 17.2 Å². The Morgan fingerprint density at radius 3 is 2.42 bits per heavy atom. The zero-order chi connectivity index (χ0) is 24.0. The summed E-state index contributed by atoms with van der Waals surface area (Å²) in [5.41, 5.74) is 3.08. The minimum absolute atomic E-state index is 0.0469. The lowest BCUT2D eigenvalue weighted by atomic mass is 9.87. The highest BCUT2D eigenvalue weighted by Crippen LogP contribution is 2.35. The van der Waals surface area contributed by atoms with Crippen molar-refractivity contribution >= 4 is 46.3 Å². The summed E-state index contributed by atoms with van der Waals surface area (Å²) in [5, 5.41) is 3.93. The number of amides is 1. The zero-order valence-electron chi connectivity index (χ0n) is 19.4. The standard InChI is InChI=1S/C26H29Cl2N3O2/c1-5-33-16-15-31(24-22(28)7-6-14-29-24)23-17-18(8-13-21(23)27)25(32)30-20-11-9-19(10-12-20)26(2,3)4/h6-14,17H,5,15-16H2,1-4H3,(H,30,32). The number of benzene rings is 2. The normalized spacial score (nSPS) is 11.3. The number of hydrogen-bond donors (Lipinski definition) is 1. The second-order valence-electron chi connectivity index (χ2n) is 8.61. The SMILES string of the molecule is CCOCCN(c1cc(C(=O)Nc2ccc(C(C)(C)C)cc2)ccc1Cl)c1ncccc1Cl. The van der Waals surface area contributed by atoms with Gasteiger partial charge < -0.3 is 15.0 Å². The van der Waals surface area contributed by atoms with Gasteiger partial charge in [0.2, 0.25) is 0 Å². The van der Waals surface area contributed by atoms with Crippen LogP contribution in [0, 0.1) is 0 Å². The van der Waals surface area contributed by atoms with Gasteiger partial charge in [-0.25, -0.2) is 4.98 Å². The summed E-state index contributed by atoms with van der Waals surface area (Å²) in [6.07, 6.45) is 1.67. The zero-order valence-corrected chi connectivity index (χ0v) is 20.9. The number of pyridine rings is 1. The molecule has 0 radical (unpaired) electrons. The number of anilines is 3. The van der Waals surface area contributed by atoms with Crippen LogP contribution in [0.15, 0.2) is 60.8 Å². The summed E-state index contributed by atoms with van der Waals surface area (Å²) in [6, 6.07) is 16.6. The molecule has 33 heavy (non-hydrogen) atoms. The monoisotopic (exact) mass is 485 g/mol. The van der Waals surface area contributed by atoms with Gasteiger partial charge in [-0.1, -0.05) is 56.1 Å². The number of hydrogen-bond acceptors (Lipinski definition) is 4. The molecule has 3 aromatic rings. The van der Waals surface area contributed by atoms with Crippen LogP contribution >= 0.6 is 23.2 Å². The van der Waals surface area contributed by atoms with Crippen LogP contribution in [-0.2, 0) is 10.2 Å². The van der Waals surface area contributed by atoms with Crippen LogP contribution in [-0.4, -0.2) is 30.6 Å². The van der Waals surface area contributed by atoms with Crippen molar-refractivity contribution in [2.45, 2.75) is 33.1 Å². The Morgan fingerprint density at radius 2 is 1.79 bits per heavy atom. The van der Waals surface area contributed by atoms with E-state index in [-0.39, 0.29) is 11.3 Å². The molecule has 0 atom stereocenters. The van der Waals surface area contributed by atoms with Gasteiger partial charge in [-0.05, 0) is 60.4 Å². The highest BCUT2D eigenvalue weighted by molar-refractivity contribution is 6.35. The molecule has 0 fully saturated rings. The Kier molecular flexibility index (Phi) is 8.35. The van der Waals surface area contributed by atoms with Gasteiger partial charge in [0.25, 0.3) is 5.91 Å². The lowest BCUT2D eigenvalue weighted by molar-refractivity contribution is 0.102. The summed E-state index contributed by atoms with van der Waals surface area (Å²) in [4.78, 5) is 19.3. The fourth-order valence-corrected chi connectivity index (χ4v) is 3.78. The van der Waals surface area contributed by atoms with E-state index in [1.807, 2.05) is 36.1 Å². The van der Waals surface area contributed by atoms with Crippen LogP contribution in [0.5, 0.6) is 0 Å². The maximum absolute atomic E-state index is 13.0. The van der Waals surface area contributed by atoms with E-state index < -0.39 is 0 Å². The number of halogens is 2. The van der Waals surface area contributed by atoms with Crippen LogP contribution in [0.2, 0.25) is 10.0 Å². The molecule has 0 aliphatic rings. The molecule has 1 amide bonds. The van der Waals surface area contributed by atoms with Gasteiger partial charge in [0.1, 0.15) is 0 Å². The average Bonchev–Trinajstić information content (AvgIpc) is 2.78. The Balaban J connectivity index is 1.88. The summed E-state index contributed by atoms with van der Waals surface area (Å²) in [7, 11) is 0. The first-order chi connectivity index (χ1) is 15.7. The highest BCUT2D eigenvalue weighted by atomic mass is 35.5. The molecule has 0 spiro atoms. The van der Waals surface area contributed by atoms with Crippen molar-refractivity contribution in [3.05, 3.63) is 82.0 Å². The van der Waals surface area contributed by atoms with Crippen LogP contribution in [0.25, 0.3) is 0 Å². The summed E-state index contributed by atoms with van der Waals surface area (Å²) in [5.74, 6) is 0.324. The largest absolute Gasteiger partial charge is 0.380 e. The number of ether oxygens (including phenoxy) is 1. The van der Waals surface area contributed by atoms with Gasteiger partial charge in [-0.2, -0.15) is 0 Å². The number of nitrogens with zero attached hydrogens (tertiary/aromatic N) is 2. The van der Waals surface area contributed by atoms with Crippen molar-refractivity contribution in [1.82, 2.24) is 4.98 Å². The van der Waals surface area contributed by atoms with Crippen molar-refractivity contribution in [2.24, 2.45) is 0 Å². The van der Waals surface area contributed by atoms with Crippen LogP contribution in [0.1, 0.15) is 43.6 Å². The molecule has 0 saturated carbocycles. The van der Waals surface area contributed by atoms with Crippen molar-refractivity contribution in [2.75, 3.05) is 30.0 Å². The molecule has 0 unspecified atom stereocenters. The first kappa shape index (κ1) is 25.0. The molecule has 0 aliphatic carbocycles. The van der Waals surface area contributed by atoms with Crippen molar-refractivity contribution in [1.29, 1.82) is 0 Å². The van der Waals surface area contributed by atoms with E-state index >= 15 is 0 Å². The van der Waals surface area contributed by atoms with Crippen molar-refractivity contribution in [3.8, 4) is 0 Å². The summed E-state index contributed by atoms with van der Waals surface area (Å²) >= 11 is 13.0. The number of carbonyl (C=O) groups excluding carboxylic acids is 1. The lowest BCUT2D eigenvalue weighted by Gasteiger charge is -2.26. The molecular weight excluding hydrogens is 457 g/mol. The third kappa shape index (κ3) is 6.47. The Bertz CT molecular complexity index is 1100. The van der Waals surface area contributed by atoms with Crippen LogP contribution < -0.4 is 10.2 Å². The highest BCUT2D eigenvalue weighted by Gasteiger charge is 2.19. The van der Waals surface area contributed by atoms with E-state index in [9.17, 15) is 4.79 Å². The maximum Gasteiger partial charge on any atom is 0.255 e. The lowest BCUT2D eigenvalue weighted by Crippen LogP contribution is -2.24. The first-order valence-electron chi connectivity index (χ1n) is 10.9. The smallest absolute Gasteiger partial charge is 0.255 e. The predicted molar refractivity (Wildman–Crippen MR) is 137 cm³/mol. The molecule has 0 bridgehead atoms.